The molecule has 0 aliphatic heterocycles. The molecule has 0 aliphatic carbocycles. The van der Waals surface area contributed by atoms with Crippen molar-refractivity contribution < 1.29 is 9.59 Å². The highest BCUT2D eigenvalue weighted by Crippen LogP contribution is 2.28. The molecule has 3 aromatic heterocycles. The summed E-state index contributed by atoms with van der Waals surface area (Å²) in [6.45, 7) is 0. The summed E-state index contributed by atoms with van der Waals surface area (Å²) in [5.74, 6) is -0.766. The average Bonchev–Trinajstić information content (AvgIpc) is 3.18. The standard InChI is InChI=1S/C14H11N3O2S3/c15-12(19)9-3-5-21-13(9)17-11(18)6-8-7-22-14(16-8)10-2-1-4-20-10/h1-5,7H,6H2,(H2,15,19)(H,17,18). The lowest BCUT2D eigenvalue weighted by molar-refractivity contribution is -0.115. The molecule has 5 nitrogen and oxygen atoms in total. The van der Waals surface area contributed by atoms with Gasteiger partial charge in [0.05, 0.1) is 22.6 Å². The largest absolute Gasteiger partial charge is 0.366 e. The van der Waals surface area contributed by atoms with E-state index in [1.165, 1.54) is 22.7 Å². The van der Waals surface area contributed by atoms with Gasteiger partial charge in [-0.1, -0.05) is 6.07 Å². The van der Waals surface area contributed by atoms with Crippen LogP contribution < -0.4 is 11.1 Å². The lowest BCUT2D eigenvalue weighted by Crippen LogP contribution is -2.18. The highest BCUT2D eigenvalue weighted by Gasteiger charge is 2.14. The lowest BCUT2D eigenvalue weighted by atomic mass is 10.3. The minimum Gasteiger partial charge on any atom is -0.366 e. The van der Waals surface area contributed by atoms with Gasteiger partial charge in [-0.05, 0) is 22.9 Å². The molecule has 0 unspecified atom stereocenters. The van der Waals surface area contributed by atoms with E-state index in [1.54, 1.807) is 22.8 Å². The molecule has 112 valence electrons. The first kappa shape index (κ1) is 14.9. The summed E-state index contributed by atoms with van der Waals surface area (Å²) in [4.78, 5) is 28.8. The number of nitrogens with two attached hydrogens (primary N) is 1. The van der Waals surface area contributed by atoms with Gasteiger partial charge in [-0.3, -0.25) is 9.59 Å². The van der Waals surface area contributed by atoms with E-state index in [-0.39, 0.29) is 12.3 Å². The first-order chi connectivity index (χ1) is 10.6. The Labute approximate surface area is 138 Å². The van der Waals surface area contributed by atoms with E-state index in [0.29, 0.717) is 16.3 Å². The maximum Gasteiger partial charge on any atom is 0.251 e. The molecule has 0 radical (unpaired) electrons. The van der Waals surface area contributed by atoms with Crippen LogP contribution in [0.1, 0.15) is 16.1 Å². The molecule has 0 aromatic carbocycles. The number of carbonyl (C=O) groups excluding carboxylic acids is 2. The van der Waals surface area contributed by atoms with Crippen LogP contribution in [0.4, 0.5) is 5.00 Å². The minimum absolute atomic E-state index is 0.165. The molecule has 3 N–H and O–H groups in total. The number of primary amides is 1. The zero-order valence-electron chi connectivity index (χ0n) is 11.2. The van der Waals surface area contributed by atoms with Crippen molar-refractivity contribution in [1.29, 1.82) is 0 Å². The number of nitrogens with one attached hydrogen (secondary N) is 1. The second-order valence-corrected chi connectivity index (χ2v) is 7.10. The fourth-order valence-corrected chi connectivity index (χ4v) is 4.28. The molecule has 3 aromatic rings. The van der Waals surface area contributed by atoms with Crippen molar-refractivity contribution >= 4 is 50.8 Å². The van der Waals surface area contributed by atoms with Gasteiger partial charge in [0.25, 0.3) is 5.91 Å². The Morgan fingerprint density at radius 1 is 1.18 bits per heavy atom. The van der Waals surface area contributed by atoms with Gasteiger partial charge in [0.15, 0.2) is 0 Å². The number of rotatable bonds is 5. The number of thiophene rings is 2. The summed E-state index contributed by atoms with van der Waals surface area (Å²) in [7, 11) is 0. The van der Waals surface area contributed by atoms with Crippen molar-refractivity contribution in [2.45, 2.75) is 6.42 Å². The summed E-state index contributed by atoms with van der Waals surface area (Å²) in [6, 6.07) is 5.56. The second kappa shape index (κ2) is 6.39. The van der Waals surface area contributed by atoms with Gasteiger partial charge >= 0.3 is 0 Å². The SMILES string of the molecule is NC(=O)c1ccsc1NC(=O)Cc1csc(-c2cccs2)n1. The molecule has 2 amide bonds. The van der Waals surface area contributed by atoms with Gasteiger partial charge in [0.1, 0.15) is 10.0 Å². The van der Waals surface area contributed by atoms with E-state index in [0.717, 1.165) is 9.88 Å². The van der Waals surface area contributed by atoms with Gasteiger partial charge in [-0.25, -0.2) is 4.98 Å². The molecule has 8 heteroatoms. The number of nitrogens with zero attached hydrogens (tertiary/aromatic N) is 1. The van der Waals surface area contributed by atoms with Gasteiger partial charge in [-0.2, -0.15) is 0 Å². The monoisotopic (exact) mass is 349 g/mol. The fraction of sp³-hybridized carbons (Fsp3) is 0.0714. The van der Waals surface area contributed by atoms with E-state index in [4.69, 9.17) is 5.73 Å². The van der Waals surface area contributed by atoms with Crippen LogP contribution in [0.2, 0.25) is 0 Å². The van der Waals surface area contributed by atoms with E-state index < -0.39 is 5.91 Å². The fourth-order valence-electron chi connectivity index (χ4n) is 1.84. The van der Waals surface area contributed by atoms with Crippen LogP contribution in [0.25, 0.3) is 9.88 Å². The minimum atomic E-state index is -0.551. The average molecular weight is 349 g/mol. The van der Waals surface area contributed by atoms with Crippen molar-refractivity contribution in [2.75, 3.05) is 5.32 Å². The molecule has 0 saturated carbocycles. The maximum absolute atomic E-state index is 12.1. The Balaban J connectivity index is 1.67. The van der Waals surface area contributed by atoms with Crippen LogP contribution in [0.3, 0.4) is 0 Å². The Kier molecular flexibility index (Phi) is 4.32. The molecule has 0 saturated heterocycles. The first-order valence-corrected chi connectivity index (χ1v) is 8.93. The Morgan fingerprint density at radius 3 is 2.77 bits per heavy atom. The van der Waals surface area contributed by atoms with Gasteiger partial charge in [0.2, 0.25) is 5.91 Å². The molecule has 0 bridgehead atoms. The van der Waals surface area contributed by atoms with Gasteiger partial charge in [-0.15, -0.1) is 34.0 Å². The summed E-state index contributed by atoms with van der Waals surface area (Å²) >= 11 is 4.40. The molecule has 3 rings (SSSR count). The third-order valence-corrected chi connectivity index (χ3v) is 5.57. The molecular formula is C14H11N3O2S3. The van der Waals surface area contributed by atoms with Gasteiger partial charge in [0, 0.05) is 5.38 Å². The Hall–Kier alpha value is -2.03. The van der Waals surface area contributed by atoms with Crippen LogP contribution in [-0.2, 0) is 11.2 Å². The predicted octanol–water partition coefficient (Wildman–Crippen LogP) is 3.21. The van der Waals surface area contributed by atoms with E-state index in [1.807, 2.05) is 22.9 Å². The Bertz CT molecular complexity index is 805. The highest BCUT2D eigenvalue weighted by molar-refractivity contribution is 7.20. The van der Waals surface area contributed by atoms with Crippen molar-refractivity contribution in [3.05, 3.63) is 45.6 Å². The normalized spacial score (nSPS) is 10.5. The molecule has 0 aliphatic rings. The second-order valence-electron chi connectivity index (χ2n) is 4.37. The molecule has 22 heavy (non-hydrogen) atoms. The number of hydrogen-bond donors (Lipinski definition) is 2. The smallest absolute Gasteiger partial charge is 0.251 e. The zero-order chi connectivity index (χ0) is 15.5. The molecule has 3 heterocycles. The third kappa shape index (κ3) is 3.24. The summed E-state index contributed by atoms with van der Waals surface area (Å²) in [5.41, 5.74) is 6.29. The topological polar surface area (TPSA) is 85.1 Å². The number of amides is 2. The number of aromatic nitrogens is 1. The van der Waals surface area contributed by atoms with E-state index in [9.17, 15) is 9.59 Å². The number of anilines is 1. The quantitative estimate of drug-likeness (QED) is 0.742. The maximum atomic E-state index is 12.1. The van der Waals surface area contributed by atoms with Crippen LogP contribution in [0, 0.1) is 0 Å². The number of carbonyl (C=O) groups is 2. The molecule has 0 fully saturated rings. The van der Waals surface area contributed by atoms with Crippen molar-refractivity contribution in [2.24, 2.45) is 5.73 Å². The Morgan fingerprint density at radius 2 is 2.05 bits per heavy atom. The summed E-state index contributed by atoms with van der Waals surface area (Å²) in [5, 5.41) is 9.68. The van der Waals surface area contributed by atoms with Crippen LogP contribution in [0.5, 0.6) is 0 Å². The van der Waals surface area contributed by atoms with Crippen LogP contribution in [0.15, 0.2) is 34.3 Å². The first-order valence-electron chi connectivity index (χ1n) is 6.29. The molecule has 0 atom stereocenters. The highest BCUT2D eigenvalue weighted by atomic mass is 32.1. The summed E-state index contributed by atoms with van der Waals surface area (Å²) in [6.07, 6.45) is 0.165. The van der Waals surface area contributed by atoms with Gasteiger partial charge < -0.3 is 11.1 Å². The number of thiazole rings is 1. The third-order valence-electron chi connectivity index (χ3n) is 2.81. The number of hydrogen-bond acceptors (Lipinski definition) is 6. The van der Waals surface area contributed by atoms with Crippen LogP contribution >= 0.6 is 34.0 Å². The van der Waals surface area contributed by atoms with Crippen molar-refractivity contribution in [1.82, 2.24) is 4.98 Å². The van der Waals surface area contributed by atoms with E-state index in [2.05, 4.69) is 10.3 Å². The summed E-state index contributed by atoms with van der Waals surface area (Å²) < 4.78 is 0. The molecular weight excluding hydrogens is 338 g/mol. The van der Waals surface area contributed by atoms with Crippen LogP contribution in [-0.4, -0.2) is 16.8 Å². The predicted molar refractivity (Wildman–Crippen MR) is 90.6 cm³/mol. The molecule has 0 spiro atoms. The van der Waals surface area contributed by atoms with E-state index >= 15 is 0 Å². The lowest BCUT2D eigenvalue weighted by Gasteiger charge is -2.03. The van der Waals surface area contributed by atoms with Crippen molar-refractivity contribution in [3.63, 3.8) is 0 Å². The van der Waals surface area contributed by atoms with Crippen molar-refractivity contribution in [3.8, 4) is 9.88 Å². The zero-order valence-corrected chi connectivity index (χ0v) is 13.7.